The number of hydrogen-bond acceptors (Lipinski definition) is 3. The molecule has 0 bridgehead atoms. The summed E-state index contributed by atoms with van der Waals surface area (Å²) in [7, 11) is 0. The normalized spacial score (nSPS) is 30.5. The molecular formula is C12H12O2S. The fourth-order valence-corrected chi connectivity index (χ4v) is 2.15. The molecule has 0 heterocycles. The van der Waals surface area contributed by atoms with Gasteiger partial charge in [0, 0.05) is 11.7 Å². The van der Waals surface area contributed by atoms with E-state index in [1.165, 1.54) is 12.2 Å². The van der Waals surface area contributed by atoms with Gasteiger partial charge in [-0.3, -0.25) is 4.79 Å². The number of benzene rings is 1. The Balaban J connectivity index is 2.42. The molecule has 0 saturated carbocycles. The molecule has 78 valence electrons. The molecule has 0 fully saturated rings. The van der Waals surface area contributed by atoms with Crippen LogP contribution in [-0.4, -0.2) is 16.1 Å². The molecule has 2 nitrogen and oxygen atoms in total. The SMILES string of the molecule is O=C1C=CC(O)(c2ccccc2)C(S)C1. The third kappa shape index (κ3) is 1.85. The zero-order valence-corrected chi connectivity index (χ0v) is 9.02. The van der Waals surface area contributed by atoms with Crippen molar-refractivity contribution in [1.29, 1.82) is 0 Å². The first-order valence-corrected chi connectivity index (χ1v) is 5.32. The van der Waals surface area contributed by atoms with E-state index in [4.69, 9.17) is 0 Å². The van der Waals surface area contributed by atoms with Gasteiger partial charge in [0.2, 0.25) is 0 Å². The largest absolute Gasteiger partial charge is 0.380 e. The Morgan fingerprint density at radius 3 is 2.60 bits per heavy atom. The van der Waals surface area contributed by atoms with Crippen LogP contribution in [0.15, 0.2) is 42.5 Å². The van der Waals surface area contributed by atoms with Gasteiger partial charge >= 0.3 is 0 Å². The fraction of sp³-hybridized carbons (Fsp3) is 0.250. The van der Waals surface area contributed by atoms with Crippen molar-refractivity contribution in [3.8, 4) is 0 Å². The van der Waals surface area contributed by atoms with Crippen LogP contribution < -0.4 is 0 Å². The fourth-order valence-electron chi connectivity index (χ4n) is 1.74. The molecule has 0 radical (unpaired) electrons. The summed E-state index contributed by atoms with van der Waals surface area (Å²) in [6.45, 7) is 0. The molecule has 1 aliphatic rings. The molecule has 1 aliphatic carbocycles. The van der Waals surface area contributed by atoms with Gasteiger partial charge in [0.25, 0.3) is 0 Å². The summed E-state index contributed by atoms with van der Waals surface area (Å²) in [6.07, 6.45) is 3.23. The number of aliphatic hydroxyl groups is 1. The smallest absolute Gasteiger partial charge is 0.156 e. The molecule has 2 atom stereocenters. The van der Waals surface area contributed by atoms with E-state index in [1.54, 1.807) is 0 Å². The summed E-state index contributed by atoms with van der Waals surface area (Å²) in [5.74, 6) is 0.00982. The van der Waals surface area contributed by atoms with E-state index in [0.29, 0.717) is 0 Å². The maximum Gasteiger partial charge on any atom is 0.156 e. The van der Waals surface area contributed by atoms with Gasteiger partial charge in [-0.15, -0.1) is 0 Å². The zero-order valence-electron chi connectivity index (χ0n) is 8.13. The highest BCUT2D eigenvalue weighted by molar-refractivity contribution is 7.81. The lowest BCUT2D eigenvalue weighted by Crippen LogP contribution is -2.38. The molecule has 1 aromatic carbocycles. The van der Waals surface area contributed by atoms with Crippen molar-refractivity contribution in [3.63, 3.8) is 0 Å². The van der Waals surface area contributed by atoms with E-state index < -0.39 is 5.60 Å². The van der Waals surface area contributed by atoms with Crippen molar-refractivity contribution in [1.82, 2.24) is 0 Å². The number of hydrogen-bond donors (Lipinski definition) is 2. The highest BCUT2D eigenvalue weighted by Crippen LogP contribution is 2.34. The molecule has 0 spiro atoms. The molecule has 2 rings (SSSR count). The van der Waals surface area contributed by atoms with Gasteiger partial charge in [-0.25, -0.2) is 0 Å². The summed E-state index contributed by atoms with van der Waals surface area (Å²) in [5.41, 5.74) is -0.355. The van der Waals surface area contributed by atoms with Gasteiger partial charge in [0.05, 0.1) is 0 Å². The minimum absolute atomic E-state index is 0.00982. The van der Waals surface area contributed by atoms with Crippen molar-refractivity contribution in [3.05, 3.63) is 48.0 Å². The standard InChI is InChI=1S/C12H12O2S/c13-10-6-7-12(14,11(15)8-10)9-4-2-1-3-5-9/h1-7,11,14-15H,8H2. The molecule has 0 saturated heterocycles. The number of rotatable bonds is 1. The first kappa shape index (κ1) is 10.5. The molecule has 1 N–H and O–H groups in total. The van der Waals surface area contributed by atoms with Crippen LogP contribution >= 0.6 is 12.6 Å². The van der Waals surface area contributed by atoms with E-state index in [9.17, 15) is 9.90 Å². The van der Waals surface area contributed by atoms with Crippen molar-refractivity contribution in [2.75, 3.05) is 0 Å². The van der Waals surface area contributed by atoms with Gasteiger partial charge in [0.1, 0.15) is 5.60 Å². The minimum Gasteiger partial charge on any atom is -0.380 e. The Kier molecular flexibility index (Phi) is 2.67. The van der Waals surface area contributed by atoms with Crippen LogP contribution in [-0.2, 0) is 10.4 Å². The summed E-state index contributed by atoms with van der Waals surface area (Å²) >= 11 is 4.29. The van der Waals surface area contributed by atoms with Crippen LogP contribution in [0.5, 0.6) is 0 Å². The molecule has 15 heavy (non-hydrogen) atoms. The Bertz CT molecular complexity index is 399. The Morgan fingerprint density at radius 1 is 1.33 bits per heavy atom. The number of thiol groups is 1. The monoisotopic (exact) mass is 220 g/mol. The molecule has 0 amide bonds. The van der Waals surface area contributed by atoms with Gasteiger partial charge in [0.15, 0.2) is 5.78 Å². The lowest BCUT2D eigenvalue weighted by atomic mass is 9.84. The number of allylic oxidation sites excluding steroid dienone is 1. The molecular weight excluding hydrogens is 208 g/mol. The lowest BCUT2D eigenvalue weighted by molar-refractivity contribution is -0.116. The molecule has 1 aromatic rings. The van der Waals surface area contributed by atoms with Crippen molar-refractivity contribution < 1.29 is 9.90 Å². The first-order chi connectivity index (χ1) is 7.13. The quantitative estimate of drug-likeness (QED) is 0.707. The number of ketones is 1. The minimum atomic E-state index is -1.13. The summed E-state index contributed by atoms with van der Waals surface area (Å²) in [4.78, 5) is 11.1. The third-order valence-corrected chi connectivity index (χ3v) is 3.24. The Hall–Kier alpha value is -1.06. The van der Waals surface area contributed by atoms with Gasteiger partial charge in [-0.1, -0.05) is 30.3 Å². The molecule has 3 heteroatoms. The topological polar surface area (TPSA) is 37.3 Å². The second-order valence-corrected chi connectivity index (χ2v) is 4.33. The maximum absolute atomic E-state index is 11.1. The van der Waals surface area contributed by atoms with E-state index >= 15 is 0 Å². The second kappa shape index (κ2) is 3.83. The predicted octanol–water partition coefficient (Wildman–Crippen LogP) is 1.70. The van der Waals surface area contributed by atoms with Crippen molar-refractivity contribution in [2.24, 2.45) is 0 Å². The summed E-state index contributed by atoms with van der Waals surface area (Å²) < 4.78 is 0. The van der Waals surface area contributed by atoms with E-state index in [-0.39, 0.29) is 17.5 Å². The molecule has 0 aromatic heterocycles. The third-order valence-electron chi connectivity index (χ3n) is 2.66. The zero-order chi connectivity index (χ0) is 10.9. The van der Waals surface area contributed by atoms with Crippen LogP contribution in [0, 0.1) is 0 Å². The average molecular weight is 220 g/mol. The lowest BCUT2D eigenvalue weighted by Gasteiger charge is -2.33. The van der Waals surface area contributed by atoms with Crippen LogP contribution in [0.4, 0.5) is 0 Å². The van der Waals surface area contributed by atoms with Crippen LogP contribution in [0.1, 0.15) is 12.0 Å². The van der Waals surface area contributed by atoms with E-state index in [2.05, 4.69) is 12.6 Å². The van der Waals surface area contributed by atoms with Gasteiger partial charge < -0.3 is 5.11 Å². The average Bonchev–Trinajstić information content (AvgIpc) is 2.25. The molecule has 2 unspecified atom stereocenters. The highest BCUT2D eigenvalue weighted by Gasteiger charge is 2.37. The second-order valence-electron chi connectivity index (χ2n) is 3.71. The van der Waals surface area contributed by atoms with Gasteiger partial charge in [-0.2, -0.15) is 12.6 Å². The van der Waals surface area contributed by atoms with Gasteiger partial charge in [-0.05, 0) is 17.7 Å². The number of carbonyl (C=O) groups excluding carboxylic acids is 1. The predicted molar refractivity (Wildman–Crippen MR) is 61.9 cm³/mol. The van der Waals surface area contributed by atoms with Crippen molar-refractivity contribution >= 4 is 18.4 Å². The summed E-state index contributed by atoms with van der Waals surface area (Å²) in [5, 5.41) is 10.0. The van der Waals surface area contributed by atoms with Crippen LogP contribution in [0.25, 0.3) is 0 Å². The van der Waals surface area contributed by atoms with Crippen molar-refractivity contribution in [2.45, 2.75) is 17.3 Å². The van der Waals surface area contributed by atoms with Crippen LogP contribution in [0.3, 0.4) is 0 Å². The Morgan fingerprint density at radius 2 is 2.00 bits per heavy atom. The molecule has 0 aliphatic heterocycles. The van der Waals surface area contributed by atoms with Crippen LogP contribution in [0.2, 0.25) is 0 Å². The highest BCUT2D eigenvalue weighted by atomic mass is 32.1. The first-order valence-electron chi connectivity index (χ1n) is 4.81. The van der Waals surface area contributed by atoms with E-state index in [0.717, 1.165) is 5.56 Å². The number of carbonyl (C=O) groups is 1. The van der Waals surface area contributed by atoms with E-state index in [1.807, 2.05) is 30.3 Å². The summed E-state index contributed by atoms with van der Waals surface area (Å²) in [6, 6.07) is 9.28. The Labute approximate surface area is 94.0 Å². The maximum atomic E-state index is 11.1.